The molecule has 0 aliphatic carbocycles. The Kier molecular flexibility index (Phi) is 6.05. The Labute approximate surface area is 174 Å². The van der Waals surface area contributed by atoms with Crippen molar-refractivity contribution in [2.45, 2.75) is 19.6 Å². The molecule has 138 valence electrons. The lowest BCUT2D eigenvalue weighted by molar-refractivity contribution is 0.414. The van der Waals surface area contributed by atoms with Crippen molar-refractivity contribution in [3.8, 4) is 16.9 Å². The first-order chi connectivity index (χ1) is 13.8. The monoisotopic (exact) mass is 400 g/mol. The predicted octanol–water partition coefficient (Wildman–Crippen LogP) is 7.66. The summed E-state index contributed by atoms with van der Waals surface area (Å²) in [7, 11) is 1.71. The number of methoxy groups -OCH3 is 1. The zero-order valence-corrected chi connectivity index (χ0v) is 17.2. The Bertz CT molecular complexity index is 1050. The largest absolute Gasteiger partial charge is 0.497 e. The Morgan fingerprint density at radius 2 is 1.07 bits per heavy atom. The molecule has 0 saturated heterocycles. The first kappa shape index (κ1) is 18.7. The SMILES string of the molecule is COc1ccc(-c2ccccc2Sc2ccccc2)c(Sc2ccccc2)c1. The second-order valence-corrected chi connectivity index (χ2v) is 8.42. The van der Waals surface area contributed by atoms with Crippen LogP contribution in [0.4, 0.5) is 0 Å². The van der Waals surface area contributed by atoms with Crippen LogP contribution in [0.25, 0.3) is 11.1 Å². The molecule has 4 rings (SSSR count). The van der Waals surface area contributed by atoms with Gasteiger partial charge >= 0.3 is 0 Å². The summed E-state index contributed by atoms with van der Waals surface area (Å²) in [5, 5.41) is 0. The summed E-state index contributed by atoms with van der Waals surface area (Å²) >= 11 is 3.56. The van der Waals surface area contributed by atoms with Gasteiger partial charge in [-0.05, 0) is 59.7 Å². The molecule has 1 nitrogen and oxygen atoms in total. The normalized spacial score (nSPS) is 10.6. The van der Waals surface area contributed by atoms with Gasteiger partial charge in [-0.2, -0.15) is 0 Å². The van der Waals surface area contributed by atoms with Crippen molar-refractivity contribution in [2.75, 3.05) is 7.11 Å². The fourth-order valence-corrected chi connectivity index (χ4v) is 4.94. The summed E-state index contributed by atoms with van der Waals surface area (Å²) in [6.07, 6.45) is 0. The summed E-state index contributed by atoms with van der Waals surface area (Å²) in [6.45, 7) is 0. The maximum absolute atomic E-state index is 5.49. The molecule has 0 heterocycles. The molecule has 0 N–H and O–H groups in total. The Balaban J connectivity index is 1.77. The van der Waals surface area contributed by atoms with E-state index in [1.807, 2.05) is 18.2 Å². The van der Waals surface area contributed by atoms with Crippen LogP contribution < -0.4 is 4.74 Å². The zero-order valence-electron chi connectivity index (χ0n) is 15.5. The average molecular weight is 401 g/mol. The van der Waals surface area contributed by atoms with Crippen molar-refractivity contribution in [3.05, 3.63) is 103 Å². The zero-order chi connectivity index (χ0) is 19.2. The lowest BCUT2D eigenvalue weighted by Gasteiger charge is -2.15. The molecule has 0 aromatic heterocycles. The minimum absolute atomic E-state index is 0.871. The van der Waals surface area contributed by atoms with Crippen molar-refractivity contribution >= 4 is 23.5 Å². The van der Waals surface area contributed by atoms with E-state index in [1.165, 1.54) is 30.7 Å². The minimum Gasteiger partial charge on any atom is -0.497 e. The topological polar surface area (TPSA) is 9.23 Å². The Morgan fingerprint density at radius 3 is 1.71 bits per heavy atom. The molecular formula is C25H20OS2. The Hall–Kier alpha value is -2.62. The van der Waals surface area contributed by atoms with Gasteiger partial charge in [0.25, 0.3) is 0 Å². The van der Waals surface area contributed by atoms with Gasteiger partial charge in [-0.1, -0.05) is 78.1 Å². The van der Waals surface area contributed by atoms with Crippen LogP contribution in [0.1, 0.15) is 0 Å². The lowest BCUT2D eigenvalue weighted by atomic mass is 10.1. The minimum atomic E-state index is 0.871. The first-order valence-electron chi connectivity index (χ1n) is 9.07. The van der Waals surface area contributed by atoms with Crippen molar-refractivity contribution in [3.63, 3.8) is 0 Å². The van der Waals surface area contributed by atoms with E-state index in [2.05, 4.69) is 84.9 Å². The van der Waals surface area contributed by atoms with E-state index in [0.29, 0.717) is 0 Å². The number of ether oxygens (including phenoxy) is 1. The van der Waals surface area contributed by atoms with Crippen molar-refractivity contribution in [1.29, 1.82) is 0 Å². The van der Waals surface area contributed by atoms with Crippen molar-refractivity contribution in [2.24, 2.45) is 0 Å². The van der Waals surface area contributed by atoms with Crippen LogP contribution >= 0.6 is 23.5 Å². The third-order valence-electron chi connectivity index (χ3n) is 4.31. The number of hydrogen-bond acceptors (Lipinski definition) is 3. The summed E-state index contributed by atoms with van der Waals surface area (Å²) in [5.74, 6) is 0.871. The fourth-order valence-electron chi connectivity index (χ4n) is 2.95. The quantitative estimate of drug-likeness (QED) is 0.329. The predicted molar refractivity (Wildman–Crippen MR) is 120 cm³/mol. The van der Waals surface area contributed by atoms with Gasteiger partial charge in [-0.25, -0.2) is 0 Å². The van der Waals surface area contributed by atoms with Crippen molar-refractivity contribution in [1.82, 2.24) is 0 Å². The molecule has 4 aromatic carbocycles. The van der Waals surface area contributed by atoms with E-state index in [1.54, 1.807) is 30.6 Å². The van der Waals surface area contributed by atoms with Gasteiger partial charge in [-0.3, -0.25) is 0 Å². The highest BCUT2D eigenvalue weighted by Gasteiger charge is 2.13. The molecular weight excluding hydrogens is 380 g/mol. The van der Waals surface area contributed by atoms with E-state index in [9.17, 15) is 0 Å². The molecule has 0 aliphatic heterocycles. The molecule has 0 unspecified atom stereocenters. The van der Waals surface area contributed by atoms with E-state index in [-0.39, 0.29) is 0 Å². The van der Waals surface area contributed by atoms with Gasteiger partial charge in [0.1, 0.15) is 5.75 Å². The summed E-state index contributed by atoms with van der Waals surface area (Å²) < 4.78 is 5.49. The molecule has 0 radical (unpaired) electrons. The van der Waals surface area contributed by atoms with Crippen LogP contribution in [0.15, 0.2) is 123 Å². The van der Waals surface area contributed by atoms with Crippen LogP contribution in [-0.4, -0.2) is 7.11 Å². The first-order valence-corrected chi connectivity index (χ1v) is 10.7. The molecule has 0 fully saturated rings. The second-order valence-electron chi connectivity index (χ2n) is 6.19. The molecule has 0 saturated carbocycles. The van der Waals surface area contributed by atoms with E-state index in [4.69, 9.17) is 4.74 Å². The molecule has 0 spiro atoms. The average Bonchev–Trinajstić information content (AvgIpc) is 2.76. The maximum atomic E-state index is 5.49. The van der Waals surface area contributed by atoms with E-state index in [0.717, 1.165) is 5.75 Å². The number of hydrogen-bond donors (Lipinski definition) is 0. The van der Waals surface area contributed by atoms with E-state index >= 15 is 0 Å². The number of rotatable bonds is 6. The summed E-state index contributed by atoms with van der Waals surface area (Å²) in [6, 6.07) is 35.9. The van der Waals surface area contributed by atoms with Crippen LogP contribution in [0.2, 0.25) is 0 Å². The van der Waals surface area contributed by atoms with Gasteiger partial charge in [0.15, 0.2) is 0 Å². The Morgan fingerprint density at radius 1 is 0.536 bits per heavy atom. The molecule has 0 bridgehead atoms. The number of benzene rings is 4. The van der Waals surface area contributed by atoms with Crippen molar-refractivity contribution < 1.29 is 4.74 Å². The standard InChI is InChI=1S/C25H20OS2/c1-26-19-16-17-23(25(18-19)28-21-12-6-3-7-13-21)22-14-8-9-15-24(22)27-20-10-4-2-5-11-20/h2-18H,1H3. The highest BCUT2D eigenvalue weighted by molar-refractivity contribution is 8.00. The summed E-state index contributed by atoms with van der Waals surface area (Å²) in [5.41, 5.74) is 2.45. The van der Waals surface area contributed by atoms with E-state index < -0.39 is 0 Å². The molecule has 4 aromatic rings. The lowest BCUT2D eigenvalue weighted by Crippen LogP contribution is -1.89. The van der Waals surface area contributed by atoms with Gasteiger partial charge in [0.05, 0.1) is 7.11 Å². The van der Waals surface area contributed by atoms with Crippen LogP contribution in [-0.2, 0) is 0 Å². The third-order valence-corrected chi connectivity index (χ3v) is 6.46. The van der Waals surface area contributed by atoms with Crippen LogP contribution in [0.5, 0.6) is 5.75 Å². The van der Waals surface area contributed by atoms with Gasteiger partial charge in [0, 0.05) is 19.6 Å². The van der Waals surface area contributed by atoms with Crippen LogP contribution in [0.3, 0.4) is 0 Å². The highest BCUT2D eigenvalue weighted by atomic mass is 32.2. The van der Waals surface area contributed by atoms with Gasteiger partial charge in [0.2, 0.25) is 0 Å². The summed E-state index contributed by atoms with van der Waals surface area (Å²) in [4.78, 5) is 4.88. The molecule has 0 atom stereocenters. The fraction of sp³-hybridized carbons (Fsp3) is 0.0400. The second kappa shape index (κ2) is 9.05. The molecule has 0 amide bonds. The molecule has 0 aliphatic rings. The third kappa shape index (κ3) is 4.44. The smallest absolute Gasteiger partial charge is 0.120 e. The molecule has 3 heteroatoms. The van der Waals surface area contributed by atoms with Gasteiger partial charge in [-0.15, -0.1) is 0 Å². The maximum Gasteiger partial charge on any atom is 0.120 e. The highest BCUT2D eigenvalue weighted by Crippen LogP contribution is 2.42. The van der Waals surface area contributed by atoms with Crippen LogP contribution in [0, 0.1) is 0 Å². The molecule has 28 heavy (non-hydrogen) atoms. The van der Waals surface area contributed by atoms with Gasteiger partial charge < -0.3 is 4.74 Å².